The summed E-state index contributed by atoms with van der Waals surface area (Å²) in [4.78, 5) is 25.8. The van der Waals surface area contributed by atoms with Crippen molar-refractivity contribution < 1.29 is 4.92 Å². The maximum atomic E-state index is 11.0. The predicted octanol–water partition coefficient (Wildman–Crippen LogP) is 6.25. The Bertz CT molecular complexity index is 1010. The van der Waals surface area contributed by atoms with Crippen molar-refractivity contribution in [1.82, 2.24) is 19.5 Å². The van der Waals surface area contributed by atoms with Gasteiger partial charge in [0, 0.05) is 46.8 Å². The van der Waals surface area contributed by atoms with E-state index in [9.17, 15) is 10.1 Å². The molecule has 3 aromatic heterocycles. The lowest BCUT2D eigenvalue weighted by molar-refractivity contribution is -0.392. The molecule has 7 nitrogen and oxygen atoms in total. The van der Waals surface area contributed by atoms with Crippen molar-refractivity contribution in [1.29, 1.82) is 0 Å². The number of thioether (sulfide) groups is 3. The quantitative estimate of drug-likeness (QED) is 0.114. The molecule has 3 aromatic rings. The SMILES string of the molecule is Cc1c(SCCCSCCn2c([N+](=O)[O-])cnc2C)ccnc1CSc1ccncc1.Cl.Cl. The van der Waals surface area contributed by atoms with Crippen LogP contribution in [0.2, 0.25) is 0 Å². The zero-order valence-corrected chi connectivity index (χ0v) is 22.5. The summed E-state index contributed by atoms with van der Waals surface area (Å²) in [6, 6.07) is 6.12. The maximum absolute atomic E-state index is 11.0. The van der Waals surface area contributed by atoms with E-state index in [0.717, 1.165) is 35.1 Å². The Morgan fingerprint density at radius 2 is 1.76 bits per heavy atom. The van der Waals surface area contributed by atoms with Crippen LogP contribution in [0.1, 0.15) is 23.5 Å². The van der Waals surface area contributed by atoms with Crippen LogP contribution in [0.15, 0.2) is 52.8 Å². The normalized spacial score (nSPS) is 10.4. The van der Waals surface area contributed by atoms with Crippen molar-refractivity contribution in [2.24, 2.45) is 0 Å². The fourth-order valence-electron chi connectivity index (χ4n) is 2.93. The lowest BCUT2D eigenvalue weighted by Crippen LogP contribution is -2.07. The molecule has 0 spiro atoms. The molecular weight excluding hydrogens is 521 g/mol. The summed E-state index contributed by atoms with van der Waals surface area (Å²) in [6.07, 6.45) is 7.93. The second-order valence-corrected chi connectivity index (χ2v) is 10.1. The number of nitrogens with zero attached hydrogens (tertiary/aromatic N) is 5. The molecule has 33 heavy (non-hydrogen) atoms. The first-order valence-corrected chi connectivity index (χ1v) is 13.0. The van der Waals surface area contributed by atoms with Crippen LogP contribution in [0.5, 0.6) is 0 Å². The number of aryl methyl sites for hydroxylation is 1. The molecule has 0 unspecified atom stereocenters. The van der Waals surface area contributed by atoms with Gasteiger partial charge < -0.3 is 10.1 Å². The largest absolute Gasteiger partial charge is 0.358 e. The maximum Gasteiger partial charge on any atom is 0.342 e. The molecule has 180 valence electrons. The van der Waals surface area contributed by atoms with E-state index in [4.69, 9.17) is 0 Å². The highest BCUT2D eigenvalue weighted by atomic mass is 35.5. The van der Waals surface area contributed by atoms with E-state index in [1.807, 2.05) is 54.2 Å². The van der Waals surface area contributed by atoms with E-state index >= 15 is 0 Å². The average molecular weight is 549 g/mol. The van der Waals surface area contributed by atoms with Crippen molar-refractivity contribution in [2.75, 3.05) is 17.3 Å². The van der Waals surface area contributed by atoms with Crippen molar-refractivity contribution in [3.05, 3.63) is 70.2 Å². The Labute approximate surface area is 219 Å². The second kappa shape index (κ2) is 15.4. The van der Waals surface area contributed by atoms with Gasteiger partial charge in [-0.15, -0.1) is 48.3 Å². The molecule has 0 aliphatic rings. The fraction of sp³-hybridized carbons (Fsp3) is 0.381. The summed E-state index contributed by atoms with van der Waals surface area (Å²) in [5.41, 5.74) is 2.38. The van der Waals surface area contributed by atoms with Gasteiger partial charge in [0.25, 0.3) is 0 Å². The molecule has 0 N–H and O–H groups in total. The number of halogens is 2. The lowest BCUT2D eigenvalue weighted by Gasteiger charge is -2.10. The van der Waals surface area contributed by atoms with Crippen LogP contribution in [-0.4, -0.2) is 41.7 Å². The summed E-state index contributed by atoms with van der Waals surface area (Å²) in [6.45, 7) is 4.56. The van der Waals surface area contributed by atoms with Gasteiger partial charge in [-0.1, -0.05) is 0 Å². The van der Waals surface area contributed by atoms with Gasteiger partial charge in [0.1, 0.15) is 12.7 Å². The molecule has 0 fully saturated rings. The van der Waals surface area contributed by atoms with Gasteiger partial charge in [0.15, 0.2) is 5.82 Å². The number of hydrogen-bond donors (Lipinski definition) is 0. The minimum Gasteiger partial charge on any atom is -0.358 e. The first kappa shape index (κ1) is 29.6. The molecule has 0 aliphatic carbocycles. The highest BCUT2D eigenvalue weighted by molar-refractivity contribution is 8.00. The third kappa shape index (κ3) is 9.01. The third-order valence-corrected chi connectivity index (χ3v) is 7.97. The van der Waals surface area contributed by atoms with E-state index in [2.05, 4.69) is 27.9 Å². The van der Waals surface area contributed by atoms with Crippen molar-refractivity contribution in [2.45, 2.75) is 42.4 Å². The number of aromatic nitrogens is 4. The van der Waals surface area contributed by atoms with E-state index in [-0.39, 0.29) is 35.6 Å². The number of imidazole rings is 1. The zero-order chi connectivity index (χ0) is 22.1. The van der Waals surface area contributed by atoms with Gasteiger partial charge >= 0.3 is 5.82 Å². The number of rotatable bonds is 12. The molecule has 0 atom stereocenters. The zero-order valence-electron chi connectivity index (χ0n) is 18.4. The molecular formula is C21H27Cl2N5O2S3. The molecule has 0 aliphatic heterocycles. The predicted molar refractivity (Wildman–Crippen MR) is 144 cm³/mol. The van der Waals surface area contributed by atoms with Crippen molar-refractivity contribution in [3.63, 3.8) is 0 Å². The van der Waals surface area contributed by atoms with Crippen LogP contribution in [0.25, 0.3) is 0 Å². The molecule has 12 heteroatoms. The molecule has 3 heterocycles. The topological polar surface area (TPSA) is 86.7 Å². The second-order valence-electron chi connectivity index (χ2n) is 6.74. The molecule has 0 saturated carbocycles. The standard InChI is InChI=1S/C21H25N5O2S3.2ClH/c1-16-19(15-31-18-4-7-22-8-5-18)23-9-6-20(16)30-12-3-11-29-13-10-25-17(2)24-14-21(25)26(27)28;;/h4-9,14H,3,10-13,15H2,1-2H3;2*1H. The highest BCUT2D eigenvalue weighted by Gasteiger charge is 2.16. The Kier molecular flexibility index (Phi) is 13.8. The third-order valence-electron chi connectivity index (χ3n) is 4.65. The fourth-order valence-corrected chi connectivity index (χ4v) is 5.88. The molecule has 0 radical (unpaired) electrons. The minimum atomic E-state index is -0.373. The van der Waals surface area contributed by atoms with Gasteiger partial charge in [0.05, 0.1) is 5.69 Å². The van der Waals surface area contributed by atoms with Crippen LogP contribution in [0, 0.1) is 24.0 Å². The monoisotopic (exact) mass is 547 g/mol. The molecule has 0 saturated heterocycles. The molecule has 0 amide bonds. The summed E-state index contributed by atoms with van der Waals surface area (Å²) >= 11 is 5.47. The van der Waals surface area contributed by atoms with Crippen LogP contribution >= 0.6 is 60.1 Å². The minimum absolute atomic E-state index is 0. The number of hydrogen-bond acceptors (Lipinski definition) is 8. The van der Waals surface area contributed by atoms with Crippen molar-refractivity contribution >= 4 is 65.9 Å². The van der Waals surface area contributed by atoms with Gasteiger partial charge in [-0.3, -0.25) is 9.97 Å². The highest BCUT2D eigenvalue weighted by Crippen LogP contribution is 2.28. The molecule has 0 bridgehead atoms. The van der Waals surface area contributed by atoms with E-state index < -0.39 is 0 Å². The summed E-state index contributed by atoms with van der Waals surface area (Å²) in [5, 5.41) is 11.0. The van der Waals surface area contributed by atoms with E-state index in [1.165, 1.54) is 21.6 Å². The van der Waals surface area contributed by atoms with Gasteiger partial charge in [-0.2, -0.15) is 11.8 Å². The van der Waals surface area contributed by atoms with Gasteiger partial charge in [0.2, 0.25) is 0 Å². The Morgan fingerprint density at radius 3 is 2.48 bits per heavy atom. The van der Waals surface area contributed by atoms with Gasteiger partial charge in [-0.05, 0) is 53.5 Å². The van der Waals surface area contributed by atoms with E-state index in [1.54, 1.807) is 23.3 Å². The average Bonchev–Trinajstić information content (AvgIpc) is 3.14. The van der Waals surface area contributed by atoms with Crippen LogP contribution in [0.4, 0.5) is 5.82 Å². The molecule has 3 rings (SSSR count). The summed E-state index contributed by atoms with van der Waals surface area (Å²) < 4.78 is 1.67. The first-order chi connectivity index (χ1) is 15.1. The summed E-state index contributed by atoms with van der Waals surface area (Å²) in [5.74, 6) is 4.52. The Hall–Kier alpha value is -1.46. The smallest absolute Gasteiger partial charge is 0.342 e. The van der Waals surface area contributed by atoms with Crippen LogP contribution < -0.4 is 0 Å². The Balaban J connectivity index is 0.00000272. The van der Waals surface area contributed by atoms with Crippen LogP contribution in [0.3, 0.4) is 0 Å². The summed E-state index contributed by atoms with van der Waals surface area (Å²) in [7, 11) is 0. The molecule has 0 aromatic carbocycles. The van der Waals surface area contributed by atoms with E-state index in [0.29, 0.717) is 12.4 Å². The Morgan fingerprint density at radius 1 is 1.00 bits per heavy atom. The van der Waals surface area contributed by atoms with Crippen molar-refractivity contribution in [3.8, 4) is 0 Å². The first-order valence-electron chi connectivity index (χ1n) is 9.90. The number of pyridine rings is 2. The lowest BCUT2D eigenvalue weighted by atomic mass is 10.2. The van der Waals surface area contributed by atoms with Crippen LogP contribution in [-0.2, 0) is 12.3 Å². The van der Waals surface area contributed by atoms with Gasteiger partial charge in [-0.25, -0.2) is 9.55 Å². The number of nitro groups is 1.